The van der Waals surface area contributed by atoms with Gasteiger partial charge in [-0.25, -0.2) is 0 Å². The van der Waals surface area contributed by atoms with Crippen molar-refractivity contribution in [2.45, 2.75) is 49.2 Å². The Morgan fingerprint density at radius 1 is 0.543 bits per heavy atom. The number of hydrogen-bond acceptors (Lipinski definition) is 2. The molecule has 35 heavy (non-hydrogen) atoms. The normalized spacial score (nSPS) is 18.3. The van der Waals surface area contributed by atoms with E-state index in [1.54, 1.807) is 0 Å². The van der Waals surface area contributed by atoms with Crippen LogP contribution < -0.4 is 5.32 Å². The zero-order valence-corrected chi connectivity index (χ0v) is 17.1. The topological polar surface area (TPSA) is 32.3 Å². The maximum absolute atomic E-state index is 13.4. The van der Waals surface area contributed by atoms with Crippen LogP contribution in [-0.2, 0) is 30.3 Å². The van der Waals surface area contributed by atoms with E-state index in [9.17, 15) is 57.8 Å². The zero-order chi connectivity index (χ0) is 26.6. The Morgan fingerprint density at radius 3 is 1.06 bits per heavy atom. The van der Waals surface area contributed by atoms with Crippen LogP contribution >= 0.6 is 0 Å². The first-order valence-electron chi connectivity index (χ1n) is 9.79. The summed E-state index contributed by atoms with van der Waals surface area (Å²) in [5, 5.41) is 14.0. The summed E-state index contributed by atoms with van der Waals surface area (Å²) in [5.74, 6) is 0. The fraction of sp³-hybridized carbons (Fsp3) is 0.429. The molecule has 0 amide bonds. The maximum Gasteiger partial charge on any atom is 0.416 e. The zero-order valence-electron chi connectivity index (χ0n) is 17.1. The molecule has 1 heterocycles. The molecule has 0 aliphatic carbocycles. The van der Waals surface area contributed by atoms with Crippen molar-refractivity contribution in [2.75, 3.05) is 6.54 Å². The van der Waals surface area contributed by atoms with Crippen LogP contribution in [0.2, 0.25) is 0 Å². The minimum Gasteiger partial charge on any atom is -0.379 e. The van der Waals surface area contributed by atoms with E-state index in [-0.39, 0.29) is 55.8 Å². The van der Waals surface area contributed by atoms with Gasteiger partial charge in [0.1, 0.15) is 5.60 Å². The summed E-state index contributed by atoms with van der Waals surface area (Å²) in [7, 11) is 0. The van der Waals surface area contributed by atoms with Crippen molar-refractivity contribution in [2.24, 2.45) is 0 Å². The lowest BCUT2D eigenvalue weighted by molar-refractivity contribution is -0.144. The monoisotopic (exact) mass is 525 g/mol. The summed E-state index contributed by atoms with van der Waals surface area (Å²) in [6.07, 6.45) is -21.4. The molecule has 1 aliphatic rings. The Hall–Kier alpha value is -2.48. The van der Waals surface area contributed by atoms with Crippen molar-refractivity contribution in [3.05, 3.63) is 69.8 Å². The molecule has 0 bridgehead atoms. The lowest BCUT2D eigenvalue weighted by Gasteiger charge is -2.37. The van der Waals surface area contributed by atoms with Crippen LogP contribution in [0.3, 0.4) is 0 Å². The molecule has 2 aromatic carbocycles. The van der Waals surface area contributed by atoms with Gasteiger partial charge in [0.05, 0.1) is 22.3 Å². The molecular weight excluding hydrogens is 510 g/mol. The van der Waals surface area contributed by atoms with E-state index in [1.807, 2.05) is 0 Å². The van der Waals surface area contributed by atoms with Crippen LogP contribution in [0.5, 0.6) is 0 Å². The maximum atomic E-state index is 13.4. The van der Waals surface area contributed by atoms with E-state index in [0.717, 1.165) is 0 Å². The van der Waals surface area contributed by atoms with Gasteiger partial charge in [0.2, 0.25) is 0 Å². The molecule has 14 heteroatoms. The lowest BCUT2D eigenvalue weighted by Crippen LogP contribution is -2.46. The molecule has 0 saturated carbocycles. The molecule has 2 aromatic rings. The molecule has 1 unspecified atom stereocenters. The van der Waals surface area contributed by atoms with Gasteiger partial charge in [-0.3, -0.25) is 0 Å². The molecular formula is C21H15F12NO. The van der Waals surface area contributed by atoms with Gasteiger partial charge < -0.3 is 10.4 Å². The van der Waals surface area contributed by atoms with Gasteiger partial charge in [-0.2, -0.15) is 52.7 Å². The smallest absolute Gasteiger partial charge is 0.379 e. The summed E-state index contributed by atoms with van der Waals surface area (Å²) in [4.78, 5) is 0. The third kappa shape index (κ3) is 5.52. The second-order valence-electron chi connectivity index (χ2n) is 8.00. The fourth-order valence-corrected chi connectivity index (χ4v) is 3.96. The lowest BCUT2D eigenvalue weighted by atomic mass is 9.77. The summed E-state index contributed by atoms with van der Waals surface area (Å²) >= 11 is 0. The Morgan fingerprint density at radius 2 is 0.829 bits per heavy atom. The molecule has 0 aromatic heterocycles. The standard InChI is InChI=1S/C21H15F12NO/c22-18(23,24)12-4-10(5-13(8-12)19(25,26)27)17(35,16-2-1-3-34-16)11-6-14(20(28,29)30)9-15(7-11)21(31,32)33/h4-9,16,34-35H,1-3H2. The van der Waals surface area contributed by atoms with Crippen molar-refractivity contribution in [1.29, 1.82) is 0 Å². The number of rotatable bonds is 3. The fourth-order valence-electron chi connectivity index (χ4n) is 3.96. The van der Waals surface area contributed by atoms with Gasteiger partial charge in [0, 0.05) is 6.04 Å². The summed E-state index contributed by atoms with van der Waals surface area (Å²) in [6.45, 7) is 0.0587. The average molecular weight is 525 g/mol. The molecule has 1 fully saturated rings. The second kappa shape index (κ2) is 8.57. The Kier molecular flexibility index (Phi) is 6.64. The van der Waals surface area contributed by atoms with Crippen LogP contribution in [0.15, 0.2) is 36.4 Å². The van der Waals surface area contributed by atoms with Gasteiger partial charge in [-0.15, -0.1) is 0 Å². The summed E-state index contributed by atoms with van der Waals surface area (Å²) in [5.41, 5.74) is -13.0. The number of alkyl halides is 12. The minimum atomic E-state index is -5.37. The Labute approximate surface area is 189 Å². The quantitative estimate of drug-likeness (QED) is 0.435. The summed E-state index contributed by atoms with van der Waals surface area (Å²) < 4.78 is 161. The first-order valence-corrected chi connectivity index (χ1v) is 9.79. The van der Waals surface area contributed by atoms with Crippen LogP contribution in [0.25, 0.3) is 0 Å². The first kappa shape index (κ1) is 27.1. The van der Waals surface area contributed by atoms with E-state index >= 15 is 0 Å². The van der Waals surface area contributed by atoms with Crippen molar-refractivity contribution in [3.8, 4) is 0 Å². The van der Waals surface area contributed by atoms with Gasteiger partial charge in [-0.1, -0.05) is 0 Å². The van der Waals surface area contributed by atoms with Crippen LogP contribution in [0, 0.1) is 0 Å². The van der Waals surface area contributed by atoms with Gasteiger partial charge in [-0.05, 0) is 66.9 Å². The van der Waals surface area contributed by atoms with E-state index in [1.165, 1.54) is 0 Å². The van der Waals surface area contributed by atoms with Crippen molar-refractivity contribution < 1.29 is 57.8 Å². The molecule has 1 saturated heterocycles. The molecule has 3 rings (SSSR count). The third-order valence-corrected chi connectivity index (χ3v) is 5.62. The average Bonchev–Trinajstić information content (AvgIpc) is 3.25. The number of aliphatic hydroxyl groups is 1. The highest BCUT2D eigenvalue weighted by Crippen LogP contribution is 2.45. The highest BCUT2D eigenvalue weighted by molar-refractivity contribution is 5.47. The minimum absolute atomic E-state index is 0.0587. The van der Waals surface area contributed by atoms with E-state index < -0.39 is 69.7 Å². The first-order chi connectivity index (χ1) is 15.7. The highest BCUT2D eigenvalue weighted by Gasteiger charge is 2.47. The number of benzene rings is 2. The molecule has 1 aliphatic heterocycles. The third-order valence-electron chi connectivity index (χ3n) is 5.62. The van der Waals surface area contributed by atoms with E-state index in [4.69, 9.17) is 0 Å². The molecule has 0 radical (unpaired) electrons. The van der Waals surface area contributed by atoms with E-state index in [2.05, 4.69) is 5.32 Å². The van der Waals surface area contributed by atoms with Crippen LogP contribution in [0.4, 0.5) is 52.7 Å². The van der Waals surface area contributed by atoms with Gasteiger partial charge in [0.15, 0.2) is 0 Å². The van der Waals surface area contributed by atoms with Crippen molar-refractivity contribution in [3.63, 3.8) is 0 Å². The predicted molar refractivity (Wildman–Crippen MR) is 96.9 cm³/mol. The highest BCUT2D eigenvalue weighted by atomic mass is 19.4. The molecule has 0 spiro atoms. The number of hydrogen-bond donors (Lipinski definition) is 2. The predicted octanol–water partition coefficient (Wildman–Crippen LogP) is 6.75. The molecule has 2 N–H and O–H groups in total. The second-order valence-corrected chi connectivity index (χ2v) is 8.00. The van der Waals surface area contributed by atoms with Crippen molar-refractivity contribution in [1.82, 2.24) is 5.32 Å². The molecule has 2 nitrogen and oxygen atoms in total. The molecule has 194 valence electrons. The van der Waals surface area contributed by atoms with Crippen molar-refractivity contribution >= 4 is 0 Å². The summed E-state index contributed by atoms with van der Waals surface area (Å²) in [6, 6.07) is -1.67. The number of nitrogens with one attached hydrogen (secondary N) is 1. The molecule has 1 atom stereocenters. The largest absolute Gasteiger partial charge is 0.416 e. The Balaban J connectivity index is 2.41. The van der Waals surface area contributed by atoms with E-state index in [0.29, 0.717) is 0 Å². The van der Waals surface area contributed by atoms with Crippen LogP contribution in [0.1, 0.15) is 46.2 Å². The number of halogens is 12. The SMILES string of the molecule is OC(c1cc(C(F)(F)F)cc(C(F)(F)F)c1)(c1cc(C(F)(F)F)cc(C(F)(F)F)c1)C1CCCN1. The Bertz CT molecular complexity index is 936. The van der Waals surface area contributed by atoms with Gasteiger partial charge in [0.25, 0.3) is 0 Å². The van der Waals surface area contributed by atoms with Crippen LogP contribution in [-0.4, -0.2) is 17.7 Å². The van der Waals surface area contributed by atoms with Gasteiger partial charge >= 0.3 is 24.7 Å².